The van der Waals surface area contributed by atoms with Crippen LogP contribution in [0.3, 0.4) is 0 Å². The lowest BCUT2D eigenvalue weighted by Gasteiger charge is -2.35. The maximum Gasteiger partial charge on any atom is 0.327 e. The molecule has 0 bridgehead atoms. The molecule has 9 heteroatoms. The van der Waals surface area contributed by atoms with Crippen LogP contribution in [0.25, 0.3) is 5.69 Å². The number of hydrogen-bond acceptors (Lipinski definition) is 4. The molecule has 1 aliphatic carbocycles. The van der Waals surface area contributed by atoms with Gasteiger partial charge in [0.1, 0.15) is 11.9 Å². The first-order chi connectivity index (χ1) is 16.6. The highest BCUT2D eigenvalue weighted by Crippen LogP contribution is 2.46. The molecule has 1 aromatic heterocycles. The number of fused-ring (bicyclic) bond motifs is 1. The number of hydrogen-bond donors (Lipinski definition) is 1. The summed E-state index contributed by atoms with van der Waals surface area (Å²) in [6.07, 6.45) is 2.41. The lowest BCUT2D eigenvalue weighted by Crippen LogP contribution is -2.55. The number of aromatic nitrogens is 2. The molecule has 1 N–H and O–H groups in total. The highest BCUT2D eigenvalue weighted by molar-refractivity contribution is 6.05. The highest BCUT2D eigenvalue weighted by Gasteiger charge is 2.56. The number of urea groups is 2. The van der Waals surface area contributed by atoms with Crippen LogP contribution < -0.4 is 5.32 Å². The van der Waals surface area contributed by atoms with Crippen LogP contribution in [-0.4, -0.2) is 74.2 Å². The van der Waals surface area contributed by atoms with Crippen molar-refractivity contribution in [2.45, 2.75) is 24.4 Å². The van der Waals surface area contributed by atoms with E-state index in [1.54, 1.807) is 26.7 Å². The fourth-order valence-electron chi connectivity index (χ4n) is 4.99. The molecule has 2 aromatic carbocycles. The van der Waals surface area contributed by atoms with E-state index in [0.717, 1.165) is 17.7 Å². The topological polar surface area (TPSA) is 90.8 Å². The molecule has 3 atom stereocenters. The van der Waals surface area contributed by atoms with Crippen molar-refractivity contribution in [3.05, 3.63) is 78.5 Å². The van der Waals surface area contributed by atoms with Gasteiger partial charge in [-0.1, -0.05) is 48.5 Å². The molecular weight excluding hydrogens is 432 g/mol. The number of carbonyl (C=O) groups is 3. The van der Waals surface area contributed by atoms with Crippen LogP contribution in [0.2, 0.25) is 0 Å². The Morgan fingerprint density at radius 3 is 2.44 bits per heavy atom. The Morgan fingerprint density at radius 1 is 0.941 bits per heavy atom. The van der Waals surface area contributed by atoms with Crippen LogP contribution in [0.5, 0.6) is 0 Å². The van der Waals surface area contributed by atoms with Crippen LogP contribution in [0.1, 0.15) is 17.9 Å². The minimum absolute atomic E-state index is 0.101. The fraction of sp³-hybridized carbons (Fsp3) is 0.280. The molecule has 3 aromatic rings. The Labute approximate surface area is 196 Å². The lowest BCUT2D eigenvalue weighted by atomic mass is 10.1. The first-order valence-electron chi connectivity index (χ1n) is 11.5. The van der Waals surface area contributed by atoms with Gasteiger partial charge in [0, 0.05) is 31.1 Å². The Morgan fingerprint density at radius 2 is 1.68 bits per heavy atom. The van der Waals surface area contributed by atoms with Gasteiger partial charge in [0.15, 0.2) is 0 Å². The van der Waals surface area contributed by atoms with Gasteiger partial charge in [-0.25, -0.2) is 14.3 Å². The van der Waals surface area contributed by atoms with Gasteiger partial charge in [-0.3, -0.25) is 15.0 Å². The van der Waals surface area contributed by atoms with Crippen LogP contribution in [0, 0.1) is 0 Å². The molecule has 3 aliphatic rings. The zero-order valence-electron chi connectivity index (χ0n) is 18.4. The summed E-state index contributed by atoms with van der Waals surface area (Å²) < 4.78 is 1.65. The first kappa shape index (κ1) is 20.5. The van der Waals surface area contributed by atoms with Crippen molar-refractivity contribution in [2.24, 2.45) is 0 Å². The number of nitrogens with zero attached hydrogens (tertiary/aromatic N) is 5. The molecule has 34 heavy (non-hydrogen) atoms. The second-order valence-corrected chi connectivity index (χ2v) is 8.86. The number of anilines is 1. The monoisotopic (exact) mass is 456 g/mol. The Balaban J connectivity index is 1.14. The summed E-state index contributed by atoms with van der Waals surface area (Å²) in [6.45, 7) is 0.871. The number of nitrogens with one attached hydrogen (secondary N) is 1. The predicted molar refractivity (Wildman–Crippen MR) is 124 cm³/mol. The summed E-state index contributed by atoms with van der Waals surface area (Å²) >= 11 is 0. The van der Waals surface area contributed by atoms with E-state index in [4.69, 9.17) is 0 Å². The summed E-state index contributed by atoms with van der Waals surface area (Å²) in [5, 5.41) is 7.20. The van der Waals surface area contributed by atoms with E-state index < -0.39 is 6.04 Å². The van der Waals surface area contributed by atoms with E-state index >= 15 is 0 Å². The summed E-state index contributed by atoms with van der Waals surface area (Å²) in [7, 11) is 0. The molecule has 0 spiro atoms. The van der Waals surface area contributed by atoms with E-state index in [1.165, 1.54) is 4.90 Å². The van der Waals surface area contributed by atoms with E-state index in [1.807, 2.05) is 60.7 Å². The highest BCUT2D eigenvalue weighted by atomic mass is 16.2. The zero-order valence-corrected chi connectivity index (χ0v) is 18.4. The lowest BCUT2D eigenvalue weighted by molar-refractivity contribution is -0.129. The molecule has 1 saturated carbocycles. The molecule has 9 nitrogen and oxygen atoms in total. The fourth-order valence-corrected chi connectivity index (χ4v) is 4.99. The summed E-state index contributed by atoms with van der Waals surface area (Å²) in [5.41, 5.74) is 1.98. The Bertz CT molecular complexity index is 1240. The minimum atomic E-state index is -0.636. The van der Waals surface area contributed by atoms with Gasteiger partial charge in [0.25, 0.3) is 5.91 Å². The summed E-state index contributed by atoms with van der Waals surface area (Å²) in [4.78, 5) is 43.9. The number of rotatable bonds is 4. The average Bonchev–Trinajstić information content (AvgIpc) is 3.45. The zero-order chi connectivity index (χ0) is 23.2. The smallest absolute Gasteiger partial charge is 0.320 e. The molecule has 3 fully saturated rings. The first-order valence-corrected chi connectivity index (χ1v) is 11.5. The third kappa shape index (κ3) is 3.40. The van der Waals surface area contributed by atoms with Crippen LogP contribution in [0.15, 0.2) is 72.9 Å². The van der Waals surface area contributed by atoms with Gasteiger partial charge in [-0.2, -0.15) is 5.10 Å². The third-order valence-corrected chi connectivity index (χ3v) is 6.84. The van der Waals surface area contributed by atoms with Crippen molar-refractivity contribution in [3.8, 4) is 5.69 Å². The minimum Gasteiger partial charge on any atom is -0.320 e. The molecule has 0 radical (unpaired) electrons. The summed E-state index contributed by atoms with van der Waals surface area (Å²) in [5.74, 6) is 0.520. The van der Waals surface area contributed by atoms with E-state index in [2.05, 4.69) is 10.4 Å². The van der Waals surface area contributed by atoms with Crippen molar-refractivity contribution in [2.75, 3.05) is 25.0 Å². The van der Waals surface area contributed by atoms with Crippen molar-refractivity contribution >= 4 is 23.8 Å². The van der Waals surface area contributed by atoms with Crippen LogP contribution in [-0.2, 0) is 4.79 Å². The van der Waals surface area contributed by atoms with Gasteiger partial charge in [0.2, 0.25) is 0 Å². The van der Waals surface area contributed by atoms with Gasteiger partial charge in [0.05, 0.1) is 18.4 Å². The SMILES string of the molecule is O=C(Nc1ccnn1-c1ccccc1)N1CCN2C(=O)N([C@H]3C[C@@H]3c3ccccc3)C(=O)[C@H]2C1. The standard InChI is InChI=1S/C25H24N6O3/c32-23-21-16-28(24(33)27-22-11-12-26-31(22)18-9-5-2-6-10-18)13-14-29(21)25(34)30(23)20-15-19(20)17-7-3-1-4-8-17/h1-12,19-21H,13-16H2,(H,27,33)/t19-,20+,21-/m1/s1. The summed E-state index contributed by atoms with van der Waals surface area (Å²) in [6, 6.07) is 19.9. The Hall–Kier alpha value is -4.14. The second-order valence-electron chi connectivity index (χ2n) is 8.86. The third-order valence-electron chi connectivity index (χ3n) is 6.84. The number of imide groups is 1. The quantitative estimate of drug-likeness (QED) is 0.612. The van der Waals surface area contributed by atoms with Crippen LogP contribution in [0.4, 0.5) is 15.4 Å². The maximum atomic E-state index is 13.2. The molecule has 2 aliphatic heterocycles. The second kappa shape index (κ2) is 8.02. The number of piperazine rings is 1. The largest absolute Gasteiger partial charge is 0.327 e. The van der Waals surface area contributed by atoms with Gasteiger partial charge in [-0.05, 0) is 24.1 Å². The number of carbonyl (C=O) groups excluding carboxylic acids is 3. The van der Waals surface area contributed by atoms with Crippen molar-refractivity contribution in [1.29, 1.82) is 0 Å². The van der Waals surface area contributed by atoms with Gasteiger partial charge in [-0.15, -0.1) is 0 Å². The number of amides is 5. The number of benzene rings is 2. The van der Waals surface area contributed by atoms with Crippen molar-refractivity contribution in [3.63, 3.8) is 0 Å². The van der Waals surface area contributed by atoms with Crippen molar-refractivity contribution < 1.29 is 14.4 Å². The normalized spacial score (nSPS) is 23.8. The Kier molecular flexibility index (Phi) is 4.83. The molecule has 5 amide bonds. The maximum absolute atomic E-state index is 13.2. The van der Waals surface area contributed by atoms with E-state index in [0.29, 0.717) is 18.9 Å². The molecular formula is C25H24N6O3. The molecule has 3 heterocycles. The van der Waals surface area contributed by atoms with Crippen LogP contribution >= 0.6 is 0 Å². The molecule has 172 valence electrons. The molecule has 6 rings (SSSR count). The van der Waals surface area contributed by atoms with E-state index in [9.17, 15) is 14.4 Å². The van der Waals surface area contributed by atoms with Gasteiger partial charge < -0.3 is 9.80 Å². The molecule has 0 unspecified atom stereocenters. The number of para-hydroxylation sites is 1. The van der Waals surface area contributed by atoms with Crippen molar-refractivity contribution in [1.82, 2.24) is 24.5 Å². The molecule has 2 saturated heterocycles. The average molecular weight is 457 g/mol. The predicted octanol–water partition coefficient (Wildman–Crippen LogP) is 2.91. The van der Waals surface area contributed by atoms with Gasteiger partial charge >= 0.3 is 12.1 Å². The van der Waals surface area contributed by atoms with E-state index in [-0.39, 0.29) is 36.5 Å².